The van der Waals surface area contributed by atoms with Crippen molar-refractivity contribution in [3.8, 4) is 17.2 Å². The predicted octanol–water partition coefficient (Wildman–Crippen LogP) is 5.61. The van der Waals surface area contributed by atoms with Crippen LogP contribution in [0.15, 0.2) is 41.4 Å². The fourth-order valence-corrected chi connectivity index (χ4v) is 3.86. The van der Waals surface area contributed by atoms with Crippen molar-refractivity contribution < 1.29 is 23.4 Å². The third-order valence-corrected chi connectivity index (χ3v) is 5.97. The molecule has 0 saturated carbocycles. The molecule has 0 aliphatic carbocycles. The minimum absolute atomic E-state index is 0.0634. The molecule has 0 fully saturated rings. The summed E-state index contributed by atoms with van der Waals surface area (Å²) >= 11 is 1.37. The van der Waals surface area contributed by atoms with Crippen molar-refractivity contribution in [2.24, 2.45) is 4.99 Å². The number of amidine groups is 1. The molecule has 1 amide bonds. The number of carbonyl (C=O) groups excluding carboxylic acids is 1. The van der Waals surface area contributed by atoms with Crippen molar-refractivity contribution in [2.45, 2.75) is 52.6 Å². The third-order valence-electron chi connectivity index (χ3n) is 5.30. The van der Waals surface area contributed by atoms with E-state index < -0.39 is 5.82 Å². The Morgan fingerprint density at radius 3 is 2.49 bits per heavy atom. The molecule has 2 aromatic rings. The van der Waals surface area contributed by atoms with Crippen LogP contribution in [0.3, 0.4) is 0 Å². The zero-order chi connectivity index (χ0) is 27.6. The van der Waals surface area contributed by atoms with Gasteiger partial charge in [0.25, 0.3) is 0 Å². The smallest absolute Gasteiger partial charge is 0.230 e. The number of ether oxygens (including phenoxy) is 3. The summed E-state index contributed by atoms with van der Waals surface area (Å²) in [5.41, 5.74) is 1.75. The molecular formula is C28H42FN3O4S. The van der Waals surface area contributed by atoms with Crippen LogP contribution >= 0.6 is 11.8 Å². The molecule has 2 rings (SSSR count). The number of benzene rings is 2. The van der Waals surface area contributed by atoms with Gasteiger partial charge in [0.05, 0.1) is 12.5 Å². The molecule has 37 heavy (non-hydrogen) atoms. The molecule has 9 heteroatoms. The Labute approximate surface area is 225 Å². The molecule has 0 aliphatic heterocycles. The van der Waals surface area contributed by atoms with Gasteiger partial charge in [-0.2, -0.15) is 0 Å². The number of thioether (sulfide) groups is 1. The molecule has 2 N–H and O–H groups in total. The van der Waals surface area contributed by atoms with Crippen molar-refractivity contribution in [1.82, 2.24) is 10.6 Å². The van der Waals surface area contributed by atoms with Crippen LogP contribution in [0.4, 0.5) is 4.39 Å². The van der Waals surface area contributed by atoms with Crippen LogP contribution in [0.1, 0.15) is 44.7 Å². The molecule has 0 aromatic heterocycles. The van der Waals surface area contributed by atoms with Crippen molar-refractivity contribution in [3.63, 3.8) is 0 Å². The second-order valence-electron chi connectivity index (χ2n) is 7.90. The maximum absolute atomic E-state index is 13.8. The summed E-state index contributed by atoms with van der Waals surface area (Å²) in [6.07, 6.45) is 4.44. The SMILES string of the molecule is CC.CCCC(COc1cc(CCNC)c(CC(=O)NC(=NC)SC)cc1Oc1cccc(F)c1)OC. The van der Waals surface area contributed by atoms with Gasteiger partial charge in [-0.15, -0.1) is 0 Å². The summed E-state index contributed by atoms with van der Waals surface area (Å²) < 4.78 is 31.5. The normalized spacial score (nSPS) is 11.8. The largest absolute Gasteiger partial charge is 0.487 e. The van der Waals surface area contributed by atoms with E-state index in [4.69, 9.17) is 14.2 Å². The minimum atomic E-state index is -0.402. The summed E-state index contributed by atoms with van der Waals surface area (Å²) in [5, 5.41) is 6.51. The molecule has 0 heterocycles. The quantitative estimate of drug-likeness (QED) is 0.256. The van der Waals surface area contributed by atoms with Crippen LogP contribution in [-0.2, 0) is 22.4 Å². The Kier molecular flexibility index (Phi) is 16.3. The molecule has 206 valence electrons. The first-order valence-corrected chi connectivity index (χ1v) is 13.9. The number of likely N-dealkylation sites (N-methyl/N-ethyl adjacent to an activating group) is 1. The Balaban J connectivity index is 0.00000334. The van der Waals surface area contributed by atoms with E-state index in [1.54, 1.807) is 32.4 Å². The Morgan fingerprint density at radius 1 is 1.16 bits per heavy atom. The van der Waals surface area contributed by atoms with E-state index in [0.717, 1.165) is 30.5 Å². The van der Waals surface area contributed by atoms with Crippen LogP contribution < -0.4 is 20.1 Å². The highest BCUT2D eigenvalue weighted by Gasteiger charge is 2.18. The van der Waals surface area contributed by atoms with Crippen molar-refractivity contribution in [1.29, 1.82) is 0 Å². The lowest BCUT2D eigenvalue weighted by molar-refractivity contribution is -0.119. The van der Waals surface area contributed by atoms with Gasteiger partial charge < -0.3 is 24.8 Å². The molecule has 0 aliphatic rings. The Morgan fingerprint density at radius 2 is 1.89 bits per heavy atom. The number of aliphatic imine (C=N–C) groups is 1. The summed E-state index contributed by atoms with van der Waals surface area (Å²) in [4.78, 5) is 16.8. The fourth-order valence-electron chi connectivity index (χ4n) is 3.46. The lowest BCUT2D eigenvalue weighted by Crippen LogP contribution is -2.30. The van der Waals surface area contributed by atoms with Gasteiger partial charge >= 0.3 is 0 Å². The average molecular weight is 536 g/mol. The number of nitrogens with zero attached hydrogens (tertiary/aromatic N) is 1. The van der Waals surface area contributed by atoms with Gasteiger partial charge in [-0.05, 0) is 68.1 Å². The summed E-state index contributed by atoms with van der Waals surface area (Å²) in [5.74, 6) is 0.683. The maximum Gasteiger partial charge on any atom is 0.230 e. The topological polar surface area (TPSA) is 81.2 Å². The molecule has 2 aromatic carbocycles. The van der Waals surface area contributed by atoms with E-state index >= 15 is 0 Å². The standard InChI is InChI=1S/C26H36FN3O4S.C2H6/c1-6-8-22(32-4)17-33-23-13-18(11-12-28-2)19(15-25(31)30-26(29-3)35-5)14-24(23)34-21-10-7-9-20(27)16-21;1-2/h7,9-10,13-14,16,22,28H,6,8,11-12,15,17H2,1-5H3,(H,29,30,31);1-2H3. The number of hydrogen-bond acceptors (Lipinski definition) is 7. The Hall–Kier alpha value is -2.62. The summed E-state index contributed by atoms with van der Waals surface area (Å²) in [6, 6.07) is 9.61. The van der Waals surface area contributed by atoms with Crippen LogP contribution in [0, 0.1) is 5.82 Å². The van der Waals surface area contributed by atoms with Gasteiger partial charge in [-0.25, -0.2) is 4.39 Å². The van der Waals surface area contributed by atoms with E-state index in [2.05, 4.69) is 22.5 Å². The molecule has 7 nitrogen and oxygen atoms in total. The van der Waals surface area contributed by atoms with Crippen LogP contribution in [0.2, 0.25) is 0 Å². The summed E-state index contributed by atoms with van der Waals surface area (Å²) in [6.45, 7) is 7.16. The molecule has 0 spiro atoms. The average Bonchev–Trinajstić information content (AvgIpc) is 2.90. The van der Waals surface area contributed by atoms with Crippen molar-refractivity contribution >= 4 is 22.8 Å². The highest BCUT2D eigenvalue weighted by atomic mass is 32.2. The lowest BCUT2D eigenvalue weighted by Gasteiger charge is -2.20. The van der Waals surface area contributed by atoms with E-state index in [1.807, 2.05) is 33.2 Å². The maximum atomic E-state index is 13.8. The van der Waals surface area contributed by atoms with Crippen molar-refractivity contribution in [3.05, 3.63) is 53.3 Å². The van der Waals surface area contributed by atoms with Gasteiger partial charge in [-0.1, -0.05) is 45.0 Å². The fraction of sp³-hybridized carbons (Fsp3) is 0.500. The van der Waals surface area contributed by atoms with Crippen molar-refractivity contribution in [2.75, 3.05) is 40.6 Å². The molecular weight excluding hydrogens is 493 g/mol. The van der Waals surface area contributed by atoms with E-state index in [9.17, 15) is 9.18 Å². The number of amides is 1. The first-order chi connectivity index (χ1) is 17.9. The predicted molar refractivity (Wildman–Crippen MR) is 152 cm³/mol. The van der Waals surface area contributed by atoms with Gasteiger partial charge in [-0.3, -0.25) is 9.79 Å². The van der Waals surface area contributed by atoms with E-state index in [1.165, 1.54) is 23.9 Å². The first kappa shape index (κ1) is 32.4. The highest BCUT2D eigenvalue weighted by Crippen LogP contribution is 2.35. The van der Waals surface area contributed by atoms with E-state index in [-0.39, 0.29) is 18.4 Å². The molecule has 0 saturated heterocycles. The number of carbonyl (C=O) groups is 1. The third kappa shape index (κ3) is 11.5. The number of methoxy groups -OCH3 is 1. The number of nitrogens with one attached hydrogen (secondary N) is 2. The van der Waals surface area contributed by atoms with Crippen LogP contribution in [0.25, 0.3) is 0 Å². The second-order valence-corrected chi connectivity index (χ2v) is 8.69. The van der Waals surface area contributed by atoms with Crippen LogP contribution in [-0.4, -0.2) is 57.8 Å². The highest BCUT2D eigenvalue weighted by molar-refractivity contribution is 8.13. The zero-order valence-electron chi connectivity index (χ0n) is 23.2. The lowest BCUT2D eigenvalue weighted by atomic mass is 10.00. The summed E-state index contributed by atoms with van der Waals surface area (Å²) in [7, 11) is 5.17. The van der Waals surface area contributed by atoms with E-state index in [0.29, 0.717) is 35.4 Å². The Bertz CT molecular complexity index is 988. The molecule has 1 unspecified atom stereocenters. The minimum Gasteiger partial charge on any atom is -0.487 e. The molecule has 1 atom stereocenters. The second kappa shape index (κ2) is 18.6. The first-order valence-electron chi connectivity index (χ1n) is 12.6. The molecule has 0 radical (unpaired) electrons. The van der Waals surface area contributed by atoms with Gasteiger partial charge in [0.2, 0.25) is 5.91 Å². The zero-order valence-corrected chi connectivity index (χ0v) is 24.0. The number of hydrogen-bond donors (Lipinski definition) is 2. The van der Waals surface area contributed by atoms with Gasteiger partial charge in [0.1, 0.15) is 18.2 Å². The molecule has 0 bridgehead atoms. The van der Waals surface area contributed by atoms with Gasteiger partial charge in [0, 0.05) is 20.2 Å². The van der Waals surface area contributed by atoms with Gasteiger partial charge in [0.15, 0.2) is 16.7 Å². The number of halogens is 1. The monoisotopic (exact) mass is 535 g/mol. The number of rotatable bonds is 13. The van der Waals surface area contributed by atoms with Crippen LogP contribution in [0.5, 0.6) is 17.2 Å².